The van der Waals surface area contributed by atoms with Crippen molar-refractivity contribution in [3.05, 3.63) is 44.6 Å². The smallest absolute Gasteiger partial charge is 0.261 e. The van der Waals surface area contributed by atoms with Crippen LogP contribution >= 0.6 is 31.9 Å². The number of amides is 2. The number of anilines is 2. The highest BCUT2D eigenvalue weighted by Gasteiger charge is 2.43. The molecule has 2 aromatic rings. The second kappa shape index (κ2) is 66.0. The minimum absolute atomic E-state index is 0.0838. The molecule has 0 unspecified atom stereocenters. The first-order valence-electron chi connectivity index (χ1n) is 46.1. The van der Waals surface area contributed by atoms with E-state index in [1.54, 1.807) is 0 Å². The van der Waals surface area contributed by atoms with E-state index in [2.05, 4.69) is 59.6 Å². The van der Waals surface area contributed by atoms with E-state index in [9.17, 15) is 0 Å². The molecule has 102 heavy (non-hydrogen) atoms. The van der Waals surface area contributed by atoms with Crippen LogP contribution in [0.25, 0.3) is 11.1 Å². The molecule has 4 heterocycles. The third-order valence-corrected chi connectivity index (χ3v) is 24.6. The van der Waals surface area contributed by atoms with Crippen LogP contribution in [0.3, 0.4) is 0 Å². The number of halogens is 2. The summed E-state index contributed by atoms with van der Waals surface area (Å²) < 4.78 is 1.43. The van der Waals surface area contributed by atoms with Crippen LogP contribution < -0.4 is 9.80 Å². The van der Waals surface area contributed by atoms with Gasteiger partial charge in [-0.15, -0.1) is 0 Å². The summed E-state index contributed by atoms with van der Waals surface area (Å²) in [6.07, 6.45) is 99.1. The van der Waals surface area contributed by atoms with Gasteiger partial charge in [0.25, 0.3) is 11.8 Å². The Balaban J connectivity index is 1.32. The minimum Gasteiger partial charge on any atom is -0.292 e. The quantitative estimate of drug-likeness (QED) is 0.0376. The number of nitrogens with zero attached hydrogens (tertiary/aromatic N) is 4. The Hall–Kier alpha value is -2.06. The van der Waals surface area contributed by atoms with Crippen LogP contribution in [-0.4, -0.2) is 34.9 Å². The van der Waals surface area contributed by atoms with Crippen molar-refractivity contribution in [1.82, 2.24) is 9.97 Å². The van der Waals surface area contributed by atoms with E-state index in [-0.39, 0.29) is 11.8 Å². The lowest BCUT2D eigenvalue weighted by molar-refractivity contribution is -0.114. The van der Waals surface area contributed by atoms with Gasteiger partial charge >= 0.3 is 0 Å². The fourth-order valence-electron chi connectivity index (χ4n) is 17.1. The van der Waals surface area contributed by atoms with Crippen molar-refractivity contribution >= 4 is 66.5 Å². The summed E-state index contributed by atoms with van der Waals surface area (Å²) in [5.41, 5.74) is 2.56. The van der Waals surface area contributed by atoms with E-state index in [1.165, 1.54) is 437 Å². The molecule has 0 saturated heterocycles. The molecule has 588 valence electrons. The normalized spacial score (nSPS) is 13.8. The number of carbonyl (C=O) groups is 2. The predicted molar refractivity (Wildman–Crippen MR) is 457 cm³/mol. The van der Waals surface area contributed by atoms with Crippen LogP contribution in [0.4, 0.5) is 11.6 Å². The fraction of sp³-hybridized carbons (Fsp3) is 0.851. The van der Waals surface area contributed by atoms with Crippen LogP contribution in [0.5, 0.6) is 0 Å². The van der Waals surface area contributed by atoms with E-state index in [1.807, 2.05) is 34.1 Å². The minimum atomic E-state index is -0.0838. The Morgan fingerprint density at radius 2 is 0.412 bits per heavy atom. The van der Waals surface area contributed by atoms with Gasteiger partial charge in [-0.25, -0.2) is 9.97 Å². The van der Waals surface area contributed by atoms with Crippen LogP contribution in [0, 0.1) is 11.8 Å². The van der Waals surface area contributed by atoms with Gasteiger partial charge in [-0.2, -0.15) is 0 Å². The molecule has 8 heteroatoms. The van der Waals surface area contributed by atoms with Crippen molar-refractivity contribution in [3.8, 4) is 0 Å². The third-order valence-electron chi connectivity index (χ3n) is 23.8. The number of unbranched alkanes of at least 4 members (excludes halogenated alkanes) is 60. The van der Waals surface area contributed by atoms with E-state index in [0.29, 0.717) is 56.9 Å². The molecule has 0 radical (unpaired) electrons. The number of carbonyl (C=O) groups excluding carboxylic acids is 2. The van der Waals surface area contributed by atoms with Crippen molar-refractivity contribution in [2.75, 3.05) is 22.9 Å². The van der Waals surface area contributed by atoms with Gasteiger partial charge in [-0.3, -0.25) is 19.4 Å². The molecular weight excluding hydrogens is 1380 g/mol. The second-order valence-corrected chi connectivity index (χ2v) is 34.7. The zero-order valence-corrected chi connectivity index (χ0v) is 71.3. The van der Waals surface area contributed by atoms with Gasteiger partial charge in [-0.1, -0.05) is 464 Å². The summed E-state index contributed by atoms with van der Waals surface area (Å²) in [6, 6.07) is 7.93. The summed E-state index contributed by atoms with van der Waals surface area (Å²) in [6.45, 7) is 10.5. The molecule has 0 aromatic carbocycles. The highest BCUT2D eigenvalue weighted by molar-refractivity contribution is 9.10. The highest BCUT2D eigenvalue weighted by Crippen LogP contribution is 2.47. The van der Waals surface area contributed by atoms with Crippen LogP contribution in [0.1, 0.15) is 501 Å². The molecule has 4 rings (SSSR count). The molecule has 0 N–H and O–H groups in total. The van der Waals surface area contributed by atoms with Crippen molar-refractivity contribution in [1.29, 1.82) is 0 Å². The van der Waals surface area contributed by atoms with Crippen molar-refractivity contribution in [2.45, 2.75) is 490 Å². The third kappa shape index (κ3) is 44.4. The molecule has 0 aliphatic carbocycles. The molecule has 0 atom stereocenters. The number of aromatic nitrogens is 2. The standard InChI is InChI=1S/C94H166Br2N4O2/c1-5-9-13-17-21-25-29-33-37-41-45-49-53-57-61-65-71-83(72-66-62-58-54-50-46-42-38-34-30-26-22-18-14-10-6-2)75-69-81-99-91-85(77-79-87(95)97-91)89(93(99)101)90-86-78-80-88(96)98-92(86)100(94(90)102)82-70-76-84(73-67-63-59-55-51-47-43-39-35-31-27-23-19-15-11-7-3)74-68-64-60-56-52-48-44-40-36-32-28-24-20-16-12-8-4/h77-80,83-84H,5-76,81-82H2,1-4H3/b90-89-. The van der Waals surface area contributed by atoms with Gasteiger partial charge < -0.3 is 0 Å². The first-order valence-corrected chi connectivity index (χ1v) is 47.6. The van der Waals surface area contributed by atoms with E-state index in [0.717, 1.165) is 36.8 Å². The lowest BCUT2D eigenvalue weighted by atomic mass is 9.90. The fourth-order valence-corrected chi connectivity index (χ4v) is 17.7. The molecule has 2 aromatic heterocycles. The van der Waals surface area contributed by atoms with Gasteiger partial charge in [-0.05, 0) is 93.6 Å². The van der Waals surface area contributed by atoms with E-state index in [4.69, 9.17) is 9.97 Å². The predicted octanol–water partition coefficient (Wildman–Crippen LogP) is 33.0. The molecule has 2 amide bonds. The molecule has 0 bridgehead atoms. The molecule has 0 saturated carbocycles. The number of pyridine rings is 2. The lowest BCUT2D eigenvalue weighted by Gasteiger charge is -2.21. The summed E-state index contributed by atoms with van der Waals surface area (Å²) in [7, 11) is 0. The SMILES string of the molecule is CCCCCCCCCCCCCCCCCCC(CCCCCCCCCCCCCCCCCC)CCCN1C(=O)/C(=C2\C(=O)N(CCCC(CCCCCCCCCCCCCCCCCC)CCCCCCCCCCCCCCCCCC)c3nc(Br)ccc32)c2ccc(Br)nc21. The molecule has 6 nitrogen and oxygen atoms in total. The first-order chi connectivity index (χ1) is 50.3. The largest absolute Gasteiger partial charge is 0.292 e. The lowest BCUT2D eigenvalue weighted by Crippen LogP contribution is -2.31. The average Bonchev–Trinajstić information content (AvgIpc) is 1.58. The van der Waals surface area contributed by atoms with E-state index >= 15 is 9.59 Å². The summed E-state index contributed by atoms with van der Waals surface area (Å²) >= 11 is 7.40. The zero-order valence-electron chi connectivity index (χ0n) is 68.2. The Bertz CT molecular complexity index is 2090. The first kappa shape index (κ1) is 92.3. The number of fused-ring (bicyclic) bond motifs is 2. The Labute approximate surface area is 650 Å². The summed E-state index contributed by atoms with van der Waals surface area (Å²) in [5, 5.41) is 0. The maximum atomic E-state index is 15.2. The molecule has 0 spiro atoms. The summed E-state index contributed by atoms with van der Waals surface area (Å²) in [5.74, 6) is 2.56. The van der Waals surface area contributed by atoms with Crippen LogP contribution in [0.15, 0.2) is 33.5 Å². The molecule has 2 aliphatic heterocycles. The highest BCUT2D eigenvalue weighted by atomic mass is 79.9. The molecule has 0 fully saturated rings. The zero-order chi connectivity index (χ0) is 72.7. The number of rotatable bonds is 76. The average molecular weight is 1540 g/mol. The molecular formula is C94H166Br2N4O2. The Morgan fingerprint density at radius 3 is 0.598 bits per heavy atom. The topological polar surface area (TPSA) is 66.4 Å². The maximum Gasteiger partial charge on any atom is 0.261 e. The Kier molecular flexibility index (Phi) is 59.7. The van der Waals surface area contributed by atoms with Crippen LogP contribution in [0.2, 0.25) is 0 Å². The Morgan fingerprint density at radius 1 is 0.245 bits per heavy atom. The number of hydrogen-bond acceptors (Lipinski definition) is 4. The van der Waals surface area contributed by atoms with E-state index < -0.39 is 0 Å². The monoisotopic (exact) mass is 1540 g/mol. The van der Waals surface area contributed by atoms with Gasteiger partial charge in [0.1, 0.15) is 20.8 Å². The molecule has 2 aliphatic rings. The van der Waals surface area contributed by atoms with Gasteiger partial charge in [0.05, 0.1) is 11.1 Å². The van der Waals surface area contributed by atoms with Crippen molar-refractivity contribution < 1.29 is 9.59 Å². The van der Waals surface area contributed by atoms with Gasteiger partial charge in [0.15, 0.2) is 0 Å². The summed E-state index contributed by atoms with van der Waals surface area (Å²) in [4.78, 5) is 44.4. The van der Waals surface area contributed by atoms with Gasteiger partial charge in [0.2, 0.25) is 0 Å². The van der Waals surface area contributed by atoms with Crippen molar-refractivity contribution in [3.63, 3.8) is 0 Å². The maximum absolute atomic E-state index is 15.2. The second-order valence-electron chi connectivity index (χ2n) is 33.1. The van der Waals surface area contributed by atoms with Gasteiger partial charge in [0, 0.05) is 24.2 Å². The van der Waals surface area contributed by atoms with Crippen LogP contribution in [-0.2, 0) is 9.59 Å². The number of hydrogen-bond donors (Lipinski definition) is 0. The van der Waals surface area contributed by atoms with Crippen molar-refractivity contribution in [2.24, 2.45) is 11.8 Å².